The van der Waals surface area contributed by atoms with Crippen LogP contribution in [0.25, 0.3) is 0 Å². The van der Waals surface area contributed by atoms with Crippen molar-refractivity contribution in [3.05, 3.63) is 0 Å². The minimum Gasteiger partial charge on any atom is -0.462 e. The molecule has 0 rings (SSSR count). The first-order valence-electron chi connectivity index (χ1n) is 36.5. The number of hydrogen-bond donors (Lipinski definition) is 3. The summed E-state index contributed by atoms with van der Waals surface area (Å²) in [4.78, 5) is 72.5. The maximum atomic E-state index is 13.0. The van der Waals surface area contributed by atoms with Gasteiger partial charge in [0.05, 0.1) is 26.4 Å². The van der Waals surface area contributed by atoms with Crippen LogP contribution in [0.4, 0.5) is 0 Å². The molecule has 0 amide bonds. The molecule has 0 fully saturated rings. The van der Waals surface area contributed by atoms with Gasteiger partial charge in [-0.1, -0.05) is 305 Å². The van der Waals surface area contributed by atoms with Crippen LogP contribution in [0.15, 0.2) is 0 Å². The van der Waals surface area contributed by atoms with E-state index in [0.29, 0.717) is 31.6 Å². The molecule has 0 aromatic carbocycles. The SMILES string of the molecule is CCCCCCCCCCCCCCCCCC(=O)OC[C@H](COP(=O)(O)OC[C@@H](O)COP(=O)(O)OC[C@@H](COC(=O)CCCCCCCCCCC)OC(=O)CCCCCCCCCC(C)C)OC(=O)CCCCCCCCCCCCCCC(C)C. The molecule has 89 heavy (non-hydrogen) atoms. The average molecular weight is 1310 g/mol. The van der Waals surface area contributed by atoms with Gasteiger partial charge in [-0.05, 0) is 37.5 Å². The van der Waals surface area contributed by atoms with Crippen LogP contribution in [-0.2, 0) is 65.4 Å². The van der Waals surface area contributed by atoms with Crippen molar-refractivity contribution < 1.29 is 80.2 Å². The fourth-order valence-corrected chi connectivity index (χ4v) is 12.2. The molecule has 0 heterocycles. The van der Waals surface area contributed by atoms with E-state index in [9.17, 15) is 43.2 Å². The van der Waals surface area contributed by atoms with Crippen LogP contribution in [0.1, 0.15) is 356 Å². The topological polar surface area (TPSA) is 237 Å². The highest BCUT2D eigenvalue weighted by atomic mass is 31.2. The van der Waals surface area contributed by atoms with Crippen molar-refractivity contribution in [2.45, 2.75) is 374 Å². The lowest BCUT2D eigenvalue weighted by Crippen LogP contribution is -2.30. The van der Waals surface area contributed by atoms with Gasteiger partial charge in [-0.3, -0.25) is 37.3 Å². The average Bonchev–Trinajstić information content (AvgIpc) is 3.54. The first-order chi connectivity index (χ1) is 42.9. The number of carbonyl (C=O) groups is 4. The highest BCUT2D eigenvalue weighted by Gasteiger charge is 2.30. The lowest BCUT2D eigenvalue weighted by molar-refractivity contribution is -0.161. The Morgan fingerprint density at radius 1 is 0.303 bits per heavy atom. The molecule has 17 nitrogen and oxygen atoms in total. The molecule has 528 valence electrons. The second-order valence-corrected chi connectivity index (χ2v) is 29.1. The number of rotatable bonds is 69. The predicted octanol–water partition coefficient (Wildman–Crippen LogP) is 20.0. The van der Waals surface area contributed by atoms with Crippen molar-refractivity contribution in [3.8, 4) is 0 Å². The van der Waals surface area contributed by atoms with Crippen LogP contribution in [0.5, 0.6) is 0 Å². The van der Waals surface area contributed by atoms with Crippen molar-refractivity contribution >= 4 is 39.5 Å². The Balaban J connectivity index is 5.23. The molecule has 0 bridgehead atoms. The third-order valence-electron chi connectivity index (χ3n) is 16.2. The van der Waals surface area contributed by atoms with E-state index in [0.717, 1.165) is 95.8 Å². The molecule has 19 heteroatoms. The van der Waals surface area contributed by atoms with Gasteiger partial charge < -0.3 is 33.8 Å². The molecule has 0 aliphatic carbocycles. The zero-order chi connectivity index (χ0) is 65.7. The summed E-state index contributed by atoms with van der Waals surface area (Å²) in [6.45, 7) is 9.48. The summed E-state index contributed by atoms with van der Waals surface area (Å²) >= 11 is 0. The van der Waals surface area contributed by atoms with E-state index in [4.69, 9.17) is 37.0 Å². The fraction of sp³-hybridized carbons (Fsp3) is 0.943. The molecule has 0 saturated carbocycles. The normalized spacial score (nSPS) is 14.1. The molecule has 0 radical (unpaired) electrons. The molecule has 0 aromatic rings. The van der Waals surface area contributed by atoms with Crippen molar-refractivity contribution in [3.63, 3.8) is 0 Å². The molecule has 0 saturated heterocycles. The van der Waals surface area contributed by atoms with E-state index in [2.05, 4.69) is 41.5 Å². The highest BCUT2D eigenvalue weighted by molar-refractivity contribution is 7.47. The maximum Gasteiger partial charge on any atom is 0.472 e. The van der Waals surface area contributed by atoms with Crippen molar-refractivity contribution in [2.24, 2.45) is 11.8 Å². The standard InChI is InChI=1S/C70H136O17P2/c1-7-9-11-13-15-17-18-19-20-21-25-29-35-41-47-53-68(73)81-58-65(86-69(74)54-48-42-36-30-26-23-22-24-28-32-38-44-50-62(3)4)60-84-88(76,77)82-56-64(71)57-83-89(78,79)85-61-66(59-80-67(72)52-46-40-34-27-16-14-12-10-8-2)87-70(75)55-49-43-37-31-33-39-45-51-63(5)6/h62-66,71H,7-61H2,1-6H3,(H,76,77)(H,78,79)/t64-,65-,66-/m1/s1. The molecule has 0 spiro atoms. The smallest absolute Gasteiger partial charge is 0.462 e. The third kappa shape index (κ3) is 64.6. The van der Waals surface area contributed by atoms with E-state index in [1.807, 2.05) is 0 Å². The first kappa shape index (κ1) is 87.1. The Hall–Kier alpha value is -1.94. The van der Waals surface area contributed by atoms with Crippen LogP contribution in [0.2, 0.25) is 0 Å². The monoisotopic (exact) mass is 1310 g/mol. The van der Waals surface area contributed by atoms with Gasteiger partial charge in [0.25, 0.3) is 0 Å². The van der Waals surface area contributed by atoms with Crippen LogP contribution in [-0.4, -0.2) is 96.7 Å². The van der Waals surface area contributed by atoms with Crippen molar-refractivity contribution in [2.75, 3.05) is 39.6 Å². The van der Waals surface area contributed by atoms with Gasteiger partial charge in [0.15, 0.2) is 12.2 Å². The van der Waals surface area contributed by atoms with E-state index in [1.165, 1.54) is 173 Å². The summed E-state index contributed by atoms with van der Waals surface area (Å²) in [5, 5.41) is 10.6. The Kier molecular flexibility index (Phi) is 60.8. The number of aliphatic hydroxyl groups excluding tert-OH is 1. The van der Waals surface area contributed by atoms with E-state index < -0.39 is 97.5 Å². The molecular formula is C70H136O17P2. The van der Waals surface area contributed by atoms with Gasteiger partial charge in [-0.15, -0.1) is 0 Å². The molecule has 0 aliphatic heterocycles. The fourth-order valence-electron chi connectivity index (χ4n) is 10.6. The Morgan fingerprint density at radius 3 is 0.764 bits per heavy atom. The minimum absolute atomic E-state index is 0.103. The van der Waals surface area contributed by atoms with E-state index >= 15 is 0 Å². The van der Waals surface area contributed by atoms with Crippen LogP contribution in [0, 0.1) is 11.8 Å². The van der Waals surface area contributed by atoms with Gasteiger partial charge >= 0.3 is 39.5 Å². The Labute approximate surface area is 543 Å². The zero-order valence-corrected chi connectivity index (χ0v) is 59.5. The Morgan fingerprint density at radius 2 is 0.517 bits per heavy atom. The quantitative estimate of drug-likeness (QED) is 0.0222. The van der Waals surface area contributed by atoms with Gasteiger partial charge in [0.1, 0.15) is 19.3 Å². The lowest BCUT2D eigenvalue weighted by Gasteiger charge is -2.21. The van der Waals surface area contributed by atoms with Crippen molar-refractivity contribution in [1.29, 1.82) is 0 Å². The van der Waals surface area contributed by atoms with Crippen LogP contribution >= 0.6 is 15.6 Å². The van der Waals surface area contributed by atoms with Gasteiger partial charge in [0.2, 0.25) is 0 Å². The Bertz CT molecular complexity index is 1730. The summed E-state index contributed by atoms with van der Waals surface area (Å²) in [6.07, 6.45) is 47.2. The second-order valence-electron chi connectivity index (χ2n) is 26.2. The summed E-state index contributed by atoms with van der Waals surface area (Å²) in [5.41, 5.74) is 0. The summed E-state index contributed by atoms with van der Waals surface area (Å²) in [5.74, 6) is -0.654. The predicted molar refractivity (Wildman–Crippen MR) is 358 cm³/mol. The third-order valence-corrected chi connectivity index (χ3v) is 18.1. The number of unbranched alkanes of at least 4 members (excludes halogenated alkanes) is 39. The number of phosphoric ester groups is 2. The number of hydrogen-bond acceptors (Lipinski definition) is 15. The van der Waals surface area contributed by atoms with E-state index in [1.54, 1.807) is 0 Å². The molecule has 0 aromatic heterocycles. The molecule has 0 aliphatic rings. The minimum atomic E-state index is -4.95. The number of ether oxygens (including phenoxy) is 4. The number of phosphoric acid groups is 2. The van der Waals surface area contributed by atoms with Gasteiger partial charge in [-0.25, -0.2) is 9.13 Å². The van der Waals surface area contributed by atoms with Gasteiger partial charge in [-0.2, -0.15) is 0 Å². The molecule has 2 unspecified atom stereocenters. The summed E-state index contributed by atoms with van der Waals surface area (Å²) < 4.78 is 68.2. The maximum absolute atomic E-state index is 13.0. The van der Waals surface area contributed by atoms with Crippen LogP contribution < -0.4 is 0 Å². The molecular weight excluding hydrogens is 1170 g/mol. The second kappa shape index (κ2) is 62.2. The number of carbonyl (C=O) groups excluding carboxylic acids is 4. The molecule has 5 atom stereocenters. The summed E-state index contributed by atoms with van der Waals surface area (Å²) in [7, 11) is -9.90. The van der Waals surface area contributed by atoms with Crippen LogP contribution in [0.3, 0.4) is 0 Å². The first-order valence-corrected chi connectivity index (χ1v) is 39.5. The number of aliphatic hydroxyl groups is 1. The largest absolute Gasteiger partial charge is 0.472 e. The molecule has 3 N–H and O–H groups in total. The van der Waals surface area contributed by atoms with Crippen molar-refractivity contribution in [1.82, 2.24) is 0 Å². The van der Waals surface area contributed by atoms with Gasteiger partial charge in [0, 0.05) is 25.7 Å². The zero-order valence-electron chi connectivity index (χ0n) is 57.7. The number of esters is 4. The highest BCUT2D eigenvalue weighted by Crippen LogP contribution is 2.45. The van der Waals surface area contributed by atoms with E-state index in [-0.39, 0.29) is 25.7 Å². The summed E-state index contributed by atoms with van der Waals surface area (Å²) in [6, 6.07) is 0. The lowest BCUT2D eigenvalue weighted by atomic mass is 10.0.